The molecule has 1 rings (SSSR count). The third kappa shape index (κ3) is 2.39. The van der Waals surface area contributed by atoms with Gasteiger partial charge in [0.1, 0.15) is 6.04 Å². The Balaban J connectivity index is 3.60. The van der Waals surface area contributed by atoms with Crippen LogP contribution in [0.4, 0.5) is 0 Å². The van der Waals surface area contributed by atoms with Gasteiger partial charge in [0.15, 0.2) is 17.8 Å². The van der Waals surface area contributed by atoms with E-state index >= 15 is 0 Å². The second kappa shape index (κ2) is 5.70. The topological polar surface area (TPSA) is 98.9 Å². The van der Waals surface area contributed by atoms with Crippen LogP contribution in [-0.2, 0) is 4.79 Å². The molecule has 0 spiro atoms. The molecule has 0 radical (unpaired) electrons. The minimum absolute atomic E-state index is 0.0321. The first-order valence-electron chi connectivity index (χ1n) is 4.85. The summed E-state index contributed by atoms with van der Waals surface area (Å²) in [4.78, 5) is 21.8. The lowest BCUT2D eigenvalue weighted by Gasteiger charge is -2.18. The Morgan fingerprint density at radius 2 is 2.00 bits per heavy atom. The van der Waals surface area contributed by atoms with E-state index in [1.165, 1.54) is 20.3 Å². The summed E-state index contributed by atoms with van der Waals surface area (Å²) in [7, 11) is 2.63. The molecule has 1 aromatic carbocycles. The molecule has 1 atom stereocenters. The van der Waals surface area contributed by atoms with Gasteiger partial charge in [-0.3, -0.25) is 9.59 Å². The first kappa shape index (κ1) is 14.3. The van der Waals surface area contributed by atoms with Crippen molar-refractivity contribution < 1.29 is 24.2 Å². The molecule has 0 saturated heterocycles. The Morgan fingerprint density at radius 1 is 1.44 bits per heavy atom. The quantitative estimate of drug-likeness (QED) is 0.784. The van der Waals surface area contributed by atoms with Crippen molar-refractivity contribution in [1.82, 2.24) is 0 Å². The number of carbonyl (C=O) groups excluding carboxylic acids is 1. The molecule has 98 valence electrons. The molecule has 0 aliphatic heterocycles. The molecule has 0 bridgehead atoms. The van der Waals surface area contributed by atoms with Gasteiger partial charge in [-0.25, -0.2) is 0 Å². The minimum atomic E-state index is -1.37. The van der Waals surface area contributed by atoms with Crippen molar-refractivity contribution in [2.75, 3.05) is 14.2 Å². The van der Waals surface area contributed by atoms with E-state index in [9.17, 15) is 9.59 Å². The van der Waals surface area contributed by atoms with Crippen LogP contribution in [0.5, 0.6) is 11.5 Å². The van der Waals surface area contributed by atoms with Gasteiger partial charge in [0.25, 0.3) is 0 Å². The molecule has 0 aliphatic carbocycles. The first-order valence-corrected chi connectivity index (χ1v) is 5.23. The van der Waals surface area contributed by atoms with Crippen LogP contribution >= 0.6 is 11.6 Å². The van der Waals surface area contributed by atoms with E-state index in [2.05, 4.69) is 0 Å². The highest BCUT2D eigenvalue weighted by atomic mass is 35.5. The zero-order valence-electron chi connectivity index (χ0n) is 9.77. The van der Waals surface area contributed by atoms with Gasteiger partial charge in [-0.2, -0.15) is 0 Å². The third-order valence-electron chi connectivity index (χ3n) is 2.36. The largest absolute Gasteiger partial charge is 0.492 e. The van der Waals surface area contributed by atoms with Crippen LogP contribution in [0.2, 0.25) is 5.02 Å². The van der Waals surface area contributed by atoms with Gasteiger partial charge in [-0.1, -0.05) is 11.6 Å². The number of halogens is 1. The molecule has 0 aromatic heterocycles. The van der Waals surface area contributed by atoms with Gasteiger partial charge in [0.05, 0.1) is 24.8 Å². The van der Waals surface area contributed by atoms with Crippen LogP contribution in [0.25, 0.3) is 0 Å². The van der Waals surface area contributed by atoms with Crippen molar-refractivity contribution in [2.24, 2.45) is 5.73 Å². The highest BCUT2D eigenvalue weighted by Gasteiger charge is 2.27. The predicted octanol–water partition coefficient (Wildman–Crippen LogP) is 1.25. The van der Waals surface area contributed by atoms with Gasteiger partial charge in [0, 0.05) is 5.56 Å². The lowest BCUT2D eigenvalue weighted by Crippen LogP contribution is -2.22. The van der Waals surface area contributed by atoms with E-state index in [1.807, 2.05) is 0 Å². The Morgan fingerprint density at radius 3 is 2.39 bits per heavy atom. The smallest absolute Gasteiger partial charge is 0.325 e. The number of carboxylic acids is 1. The molecule has 0 heterocycles. The summed E-state index contributed by atoms with van der Waals surface area (Å²) in [6, 6.07) is -0.0873. The summed E-state index contributed by atoms with van der Waals surface area (Å²) in [5, 5.41) is 8.95. The second-order valence-corrected chi connectivity index (χ2v) is 3.77. The Labute approximate surface area is 108 Å². The average Bonchev–Trinajstić information content (AvgIpc) is 2.36. The molecular formula is C11H12ClNO5. The lowest BCUT2D eigenvalue weighted by molar-refractivity contribution is -0.138. The summed E-state index contributed by atoms with van der Waals surface area (Å²) < 4.78 is 10.1. The minimum Gasteiger partial charge on any atom is -0.492 e. The number of carboxylic acid groups (broad SMARTS) is 1. The number of rotatable bonds is 5. The predicted molar refractivity (Wildman–Crippen MR) is 64.5 cm³/mol. The number of benzene rings is 1. The van der Waals surface area contributed by atoms with E-state index in [-0.39, 0.29) is 27.6 Å². The SMILES string of the molecule is COc1c(C=O)cc(Cl)c(C(N)C(=O)O)c1OC. The molecule has 0 amide bonds. The molecule has 0 aliphatic rings. The summed E-state index contributed by atoms with van der Waals surface area (Å²) in [5.41, 5.74) is 5.74. The van der Waals surface area contributed by atoms with E-state index < -0.39 is 12.0 Å². The fourth-order valence-electron chi connectivity index (χ4n) is 1.56. The summed E-state index contributed by atoms with van der Waals surface area (Å²) in [6.07, 6.45) is 0.531. The number of methoxy groups -OCH3 is 2. The zero-order valence-corrected chi connectivity index (χ0v) is 10.5. The van der Waals surface area contributed by atoms with E-state index in [0.717, 1.165) is 0 Å². The van der Waals surface area contributed by atoms with Crippen LogP contribution in [0.3, 0.4) is 0 Å². The van der Waals surface area contributed by atoms with E-state index in [4.69, 9.17) is 31.9 Å². The maximum Gasteiger partial charge on any atom is 0.325 e. The van der Waals surface area contributed by atoms with E-state index in [1.54, 1.807) is 0 Å². The van der Waals surface area contributed by atoms with Crippen molar-refractivity contribution in [2.45, 2.75) is 6.04 Å². The molecule has 18 heavy (non-hydrogen) atoms. The molecule has 6 nitrogen and oxygen atoms in total. The maximum atomic E-state index is 10.9. The molecule has 0 fully saturated rings. The van der Waals surface area contributed by atoms with Gasteiger partial charge in [-0.05, 0) is 6.07 Å². The Bertz CT molecular complexity index is 489. The van der Waals surface area contributed by atoms with Crippen LogP contribution in [0, 0.1) is 0 Å². The van der Waals surface area contributed by atoms with Gasteiger partial charge in [-0.15, -0.1) is 0 Å². The van der Waals surface area contributed by atoms with E-state index in [0.29, 0.717) is 6.29 Å². The number of aliphatic carboxylic acids is 1. The van der Waals surface area contributed by atoms with Crippen molar-refractivity contribution in [1.29, 1.82) is 0 Å². The second-order valence-electron chi connectivity index (χ2n) is 3.36. The monoisotopic (exact) mass is 273 g/mol. The first-order chi connectivity index (χ1) is 8.47. The lowest BCUT2D eigenvalue weighted by atomic mass is 10.0. The number of hydrogen-bond donors (Lipinski definition) is 2. The third-order valence-corrected chi connectivity index (χ3v) is 2.68. The zero-order chi connectivity index (χ0) is 13.9. The van der Waals surface area contributed by atoms with Crippen LogP contribution in [0.1, 0.15) is 22.0 Å². The van der Waals surface area contributed by atoms with Crippen LogP contribution < -0.4 is 15.2 Å². The van der Waals surface area contributed by atoms with Crippen molar-refractivity contribution >= 4 is 23.9 Å². The molecular weight excluding hydrogens is 262 g/mol. The number of aldehydes is 1. The fraction of sp³-hybridized carbons (Fsp3) is 0.273. The molecule has 1 aromatic rings. The van der Waals surface area contributed by atoms with Gasteiger partial charge in [0.2, 0.25) is 0 Å². The van der Waals surface area contributed by atoms with Gasteiger partial charge < -0.3 is 20.3 Å². The Hall–Kier alpha value is -1.79. The van der Waals surface area contributed by atoms with Crippen LogP contribution in [0.15, 0.2) is 6.07 Å². The standard InChI is InChI=1S/C11H12ClNO5/c1-17-9-5(4-14)3-6(12)7(10(9)18-2)8(13)11(15)16/h3-4,8H,13H2,1-2H3,(H,15,16). The molecule has 3 N–H and O–H groups in total. The average molecular weight is 274 g/mol. The summed E-state index contributed by atoms with van der Waals surface area (Å²) in [6.45, 7) is 0. The highest BCUT2D eigenvalue weighted by molar-refractivity contribution is 6.32. The number of hydrogen-bond acceptors (Lipinski definition) is 5. The number of carbonyl (C=O) groups is 2. The molecule has 0 saturated carbocycles. The van der Waals surface area contributed by atoms with Crippen molar-refractivity contribution in [3.63, 3.8) is 0 Å². The van der Waals surface area contributed by atoms with Crippen molar-refractivity contribution in [3.8, 4) is 11.5 Å². The highest BCUT2D eigenvalue weighted by Crippen LogP contribution is 2.41. The van der Waals surface area contributed by atoms with Crippen LogP contribution in [-0.4, -0.2) is 31.6 Å². The number of nitrogens with two attached hydrogens (primary N) is 1. The molecule has 7 heteroatoms. The maximum absolute atomic E-state index is 10.9. The summed E-state index contributed by atoms with van der Waals surface area (Å²) in [5.74, 6) is -1.12. The normalized spacial score (nSPS) is 11.8. The van der Waals surface area contributed by atoms with Crippen molar-refractivity contribution in [3.05, 3.63) is 22.2 Å². The Kier molecular flexibility index (Phi) is 4.52. The fourth-order valence-corrected chi connectivity index (χ4v) is 1.88. The number of ether oxygens (including phenoxy) is 2. The summed E-state index contributed by atoms with van der Waals surface area (Å²) >= 11 is 5.92. The molecule has 1 unspecified atom stereocenters. The van der Waals surface area contributed by atoms with Gasteiger partial charge >= 0.3 is 5.97 Å².